The van der Waals surface area contributed by atoms with Crippen LogP contribution >= 0.6 is 0 Å². The van der Waals surface area contributed by atoms with Gasteiger partial charge in [-0.25, -0.2) is 0 Å². The Hall–Kier alpha value is -2.65. The molecule has 214 valence electrons. The van der Waals surface area contributed by atoms with Crippen molar-refractivity contribution in [1.29, 1.82) is 0 Å². The van der Waals surface area contributed by atoms with Crippen LogP contribution in [0, 0.1) is 17.8 Å². The number of carbonyl (C=O) groups excluding carboxylic acids is 3. The molecule has 4 aliphatic rings. The molecule has 3 N–H and O–H groups in total. The maximum absolute atomic E-state index is 14.1. The van der Waals surface area contributed by atoms with Crippen molar-refractivity contribution in [2.24, 2.45) is 17.8 Å². The first-order valence-corrected chi connectivity index (χ1v) is 14.7. The molecule has 3 unspecified atom stereocenters. The van der Waals surface area contributed by atoms with Crippen LogP contribution in [0.25, 0.3) is 0 Å². The van der Waals surface area contributed by atoms with E-state index in [1.54, 1.807) is 29.2 Å². The molecule has 9 heteroatoms. The molecule has 2 bridgehead atoms. The van der Waals surface area contributed by atoms with Crippen molar-refractivity contribution in [3.8, 4) is 5.75 Å². The van der Waals surface area contributed by atoms with Gasteiger partial charge in [-0.3, -0.25) is 14.4 Å². The number of rotatable bonds is 10. The van der Waals surface area contributed by atoms with E-state index in [4.69, 9.17) is 9.47 Å². The summed E-state index contributed by atoms with van der Waals surface area (Å²) in [5, 5.41) is 15.6. The highest BCUT2D eigenvalue weighted by molar-refractivity contribution is 6.02. The number of benzene rings is 1. The summed E-state index contributed by atoms with van der Waals surface area (Å²) in [5.41, 5.74) is -1.30. The normalized spacial score (nSPS) is 33.7. The van der Waals surface area contributed by atoms with E-state index >= 15 is 0 Å². The topological polar surface area (TPSA) is 117 Å². The van der Waals surface area contributed by atoms with Gasteiger partial charge < -0.3 is 30.1 Å². The fraction of sp³-hybridized carbons (Fsp3) is 0.700. The molecule has 39 heavy (non-hydrogen) atoms. The van der Waals surface area contributed by atoms with Crippen LogP contribution in [-0.4, -0.2) is 70.8 Å². The van der Waals surface area contributed by atoms with Crippen LogP contribution in [0.1, 0.15) is 72.1 Å². The first-order valence-electron chi connectivity index (χ1n) is 14.7. The van der Waals surface area contributed by atoms with Gasteiger partial charge in [-0.1, -0.05) is 26.2 Å². The summed E-state index contributed by atoms with van der Waals surface area (Å²) < 4.78 is 12.3. The van der Waals surface area contributed by atoms with Gasteiger partial charge in [0.1, 0.15) is 17.4 Å². The molecule has 3 saturated heterocycles. The number of fused-ring (bicyclic) bond motifs is 1. The number of hydrogen-bond donors (Lipinski definition) is 3. The Balaban J connectivity index is 1.44. The number of anilines is 1. The maximum Gasteiger partial charge on any atom is 0.246 e. The third-order valence-corrected chi connectivity index (χ3v) is 9.54. The van der Waals surface area contributed by atoms with Crippen molar-refractivity contribution in [2.45, 2.75) is 95.4 Å². The van der Waals surface area contributed by atoms with Gasteiger partial charge in [0.05, 0.1) is 24.0 Å². The molecule has 1 spiro atoms. The van der Waals surface area contributed by atoms with Crippen LogP contribution in [-0.2, 0) is 19.1 Å². The van der Waals surface area contributed by atoms with Crippen molar-refractivity contribution >= 4 is 23.4 Å². The van der Waals surface area contributed by atoms with E-state index in [1.807, 2.05) is 13.8 Å². The number of ether oxygens (including phenoxy) is 2. The number of carbonyl (C=O) groups is 3. The van der Waals surface area contributed by atoms with Gasteiger partial charge in [0.25, 0.3) is 0 Å². The summed E-state index contributed by atoms with van der Waals surface area (Å²) in [6, 6.07) is 6.49. The molecule has 1 saturated carbocycles. The molecule has 3 aliphatic heterocycles. The number of aliphatic hydroxyl groups excluding tert-OH is 1. The summed E-state index contributed by atoms with van der Waals surface area (Å²) in [6.45, 7) is 6.81. The van der Waals surface area contributed by atoms with E-state index in [1.165, 1.54) is 6.42 Å². The Labute approximate surface area is 231 Å². The lowest BCUT2D eigenvalue weighted by Crippen LogP contribution is -2.57. The van der Waals surface area contributed by atoms with E-state index < -0.39 is 29.1 Å². The summed E-state index contributed by atoms with van der Waals surface area (Å²) >= 11 is 0. The predicted octanol–water partition coefficient (Wildman–Crippen LogP) is 3.26. The second-order valence-corrected chi connectivity index (χ2v) is 12.0. The number of hydrogen-bond acceptors (Lipinski definition) is 6. The second-order valence-electron chi connectivity index (χ2n) is 12.0. The SMILES string of the molecule is CCOc1ccc(NC(=O)[C@@H]2[C@H]3C(=O)N(CCCCO)C(C(=O)NC4CCCCC4)C34CC(C)[C@@]2(C)O4)cc1. The second kappa shape index (κ2) is 11.1. The Kier molecular flexibility index (Phi) is 7.93. The molecular formula is C30H43N3O6. The molecule has 6 atom stereocenters. The molecule has 0 aromatic heterocycles. The third kappa shape index (κ3) is 4.82. The average molecular weight is 542 g/mol. The molecule has 1 aromatic carbocycles. The van der Waals surface area contributed by atoms with Gasteiger partial charge in [-0.2, -0.15) is 0 Å². The number of nitrogens with one attached hydrogen (secondary N) is 2. The first kappa shape index (κ1) is 27.9. The average Bonchev–Trinajstić information content (AvgIpc) is 3.42. The van der Waals surface area contributed by atoms with E-state index in [9.17, 15) is 19.5 Å². The zero-order chi connectivity index (χ0) is 27.8. The first-order chi connectivity index (χ1) is 18.7. The van der Waals surface area contributed by atoms with Crippen molar-refractivity contribution in [2.75, 3.05) is 25.1 Å². The molecule has 5 rings (SSSR count). The Morgan fingerprint density at radius 2 is 1.85 bits per heavy atom. The van der Waals surface area contributed by atoms with Gasteiger partial charge in [0, 0.05) is 24.9 Å². The lowest BCUT2D eigenvalue weighted by molar-refractivity contribution is -0.146. The van der Waals surface area contributed by atoms with Gasteiger partial charge >= 0.3 is 0 Å². The van der Waals surface area contributed by atoms with Gasteiger partial charge in [0.2, 0.25) is 17.7 Å². The number of unbranched alkanes of at least 4 members (excludes halogenated alkanes) is 1. The summed E-state index contributed by atoms with van der Waals surface area (Å²) in [5.74, 6) is -1.40. The Morgan fingerprint density at radius 1 is 1.13 bits per heavy atom. The van der Waals surface area contributed by atoms with E-state index in [-0.39, 0.29) is 36.3 Å². The van der Waals surface area contributed by atoms with Gasteiger partial charge in [-0.15, -0.1) is 0 Å². The van der Waals surface area contributed by atoms with Crippen LogP contribution in [0.2, 0.25) is 0 Å². The maximum atomic E-state index is 14.1. The largest absolute Gasteiger partial charge is 0.494 e. The highest BCUT2D eigenvalue weighted by atomic mass is 16.5. The lowest BCUT2D eigenvalue weighted by Gasteiger charge is -2.36. The van der Waals surface area contributed by atoms with Crippen LogP contribution < -0.4 is 15.4 Å². The van der Waals surface area contributed by atoms with E-state index in [0.717, 1.165) is 31.4 Å². The highest BCUT2D eigenvalue weighted by Crippen LogP contribution is 2.65. The molecule has 1 aromatic rings. The fourth-order valence-electron chi connectivity index (χ4n) is 7.62. The minimum atomic E-state index is -1.05. The molecule has 3 amide bonds. The minimum absolute atomic E-state index is 0.0139. The van der Waals surface area contributed by atoms with Crippen molar-refractivity contribution in [3.05, 3.63) is 24.3 Å². The van der Waals surface area contributed by atoms with E-state index in [2.05, 4.69) is 17.6 Å². The smallest absolute Gasteiger partial charge is 0.246 e. The van der Waals surface area contributed by atoms with Crippen LogP contribution in [0.4, 0.5) is 5.69 Å². The highest BCUT2D eigenvalue weighted by Gasteiger charge is 2.79. The van der Waals surface area contributed by atoms with Crippen molar-refractivity contribution in [1.82, 2.24) is 10.2 Å². The van der Waals surface area contributed by atoms with Crippen LogP contribution in [0.3, 0.4) is 0 Å². The summed E-state index contributed by atoms with van der Waals surface area (Å²) in [6.07, 6.45) is 6.89. The molecule has 0 radical (unpaired) electrons. The summed E-state index contributed by atoms with van der Waals surface area (Å²) in [7, 11) is 0. The van der Waals surface area contributed by atoms with Gasteiger partial charge in [0.15, 0.2) is 0 Å². The fourth-order valence-corrected chi connectivity index (χ4v) is 7.62. The molecule has 4 fully saturated rings. The number of nitrogens with zero attached hydrogens (tertiary/aromatic N) is 1. The summed E-state index contributed by atoms with van der Waals surface area (Å²) in [4.78, 5) is 43.6. The minimum Gasteiger partial charge on any atom is -0.494 e. The number of likely N-dealkylation sites (tertiary alicyclic amines) is 1. The quantitative estimate of drug-likeness (QED) is 0.392. The number of amides is 3. The zero-order valence-corrected chi connectivity index (χ0v) is 23.4. The molecule has 1 aliphatic carbocycles. The van der Waals surface area contributed by atoms with Crippen molar-refractivity contribution < 1.29 is 29.0 Å². The number of aliphatic hydroxyl groups is 1. The Bertz CT molecular complexity index is 1070. The zero-order valence-electron chi connectivity index (χ0n) is 23.4. The van der Waals surface area contributed by atoms with E-state index in [0.29, 0.717) is 38.1 Å². The molecular weight excluding hydrogens is 498 g/mol. The monoisotopic (exact) mass is 541 g/mol. The Morgan fingerprint density at radius 3 is 2.51 bits per heavy atom. The van der Waals surface area contributed by atoms with Gasteiger partial charge in [-0.05, 0) is 76.1 Å². The molecule has 3 heterocycles. The molecule has 9 nitrogen and oxygen atoms in total. The standard InChI is InChI=1S/C30H43N3O6/c1-4-38-22-14-12-21(13-15-22)31-26(35)23-24-28(37)33(16-8-9-17-34)25(27(36)32-20-10-6-5-7-11-20)30(24)18-19(2)29(23,3)39-30/h12-15,19-20,23-25,34H,4-11,16-18H2,1-3H3,(H,31,35)(H,32,36)/t19?,23-,24-,25?,29+,30?/m0/s1. The van der Waals surface area contributed by atoms with Crippen LogP contribution in [0.15, 0.2) is 24.3 Å². The van der Waals surface area contributed by atoms with Crippen LogP contribution in [0.5, 0.6) is 5.75 Å². The van der Waals surface area contributed by atoms with Crippen molar-refractivity contribution in [3.63, 3.8) is 0 Å². The third-order valence-electron chi connectivity index (χ3n) is 9.54. The lowest BCUT2D eigenvalue weighted by atomic mass is 9.62. The predicted molar refractivity (Wildman–Crippen MR) is 146 cm³/mol.